The molecule has 1 spiro atoms. The first-order valence-corrected chi connectivity index (χ1v) is 10.3. The summed E-state index contributed by atoms with van der Waals surface area (Å²) in [6, 6.07) is 7.84. The van der Waals surface area contributed by atoms with Gasteiger partial charge in [-0.05, 0) is 44.5 Å². The molecule has 8 nitrogen and oxygen atoms in total. The number of nitrogens with zero attached hydrogens (tertiary/aromatic N) is 5. The lowest BCUT2D eigenvalue weighted by atomic mass is 9.90. The van der Waals surface area contributed by atoms with Gasteiger partial charge in [0, 0.05) is 6.04 Å². The van der Waals surface area contributed by atoms with Gasteiger partial charge in [0.15, 0.2) is 0 Å². The first-order chi connectivity index (χ1) is 14.0. The third kappa shape index (κ3) is 3.76. The van der Waals surface area contributed by atoms with Crippen molar-refractivity contribution in [2.24, 2.45) is 0 Å². The van der Waals surface area contributed by atoms with Crippen LogP contribution >= 0.6 is 0 Å². The maximum absolute atomic E-state index is 13.1. The average Bonchev–Trinajstić information content (AvgIpc) is 3.26. The number of carbonyl (C=O) groups is 2. The largest absolute Gasteiger partial charge is 0.326 e. The minimum absolute atomic E-state index is 0.0473. The van der Waals surface area contributed by atoms with Gasteiger partial charge in [0.25, 0.3) is 5.91 Å². The summed E-state index contributed by atoms with van der Waals surface area (Å²) in [7, 11) is 1.94. The molecule has 0 bridgehead atoms. The second-order valence-electron chi connectivity index (χ2n) is 8.17. The number of imide groups is 1. The summed E-state index contributed by atoms with van der Waals surface area (Å²) in [5.41, 5.74) is 1.36. The van der Waals surface area contributed by atoms with E-state index < -0.39 is 5.54 Å². The summed E-state index contributed by atoms with van der Waals surface area (Å²) in [4.78, 5) is 33.1. The lowest BCUT2D eigenvalue weighted by Gasteiger charge is -2.29. The number of hydrogen-bond donors (Lipinski definition) is 1. The van der Waals surface area contributed by atoms with Crippen LogP contribution in [0.4, 0.5) is 4.79 Å². The molecule has 1 atom stereocenters. The van der Waals surface area contributed by atoms with E-state index in [9.17, 15) is 9.59 Å². The SMILES string of the molecule is C[C@H](c1ccc(-n2cncn2)cc1)N(C)CN1C(=O)NC2(CCCCCC2)C1=O. The van der Waals surface area contributed by atoms with Crippen molar-refractivity contribution in [3.05, 3.63) is 42.5 Å². The summed E-state index contributed by atoms with van der Waals surface area (Å²) >= 11 is 0. The topological polar surface area (TPSA) is 83.4 Å². The smallest absolute Gasteiger partial charge is 0.323 e. The number of urea groups is 1. The molecule has 1 aliphatic heterocycles. The van der Waals surface area contributed by atoms with E-state index >= 15 is 0 Å². The fourth-order valence-electron chi connectivity index (χ4n) is 4.32. The van der Waals surface area contributed by atoms with Gasteiger partial charge in [0.2, 0.25) is 0 Å². The molecule has 1 saturated carbocycles. The van der Waals surface area contributed by atoms with E-state index in [4.69, 9.17) is 0 Å². The van der Waals surface area contributed by atoms with Gasteiger partial charge in [0.1, 0.15) is 18.2 Å². The van der Waals surface area contributed by atoms with Crippen molar-refractivity contribution in [2.45, 2.75) is 57.0 Å². The maximum atomic E-state index is 13.1. The van der Waals surface area contributed by atoms with Crippen LogP contribution in [0, 0.1) is 0 Å². The Balaban J connectivity index is 1.43. The van der Waals surface area contributed by atoms with Crippen molar-refractivity contribution < 1.29 is 9.59 Å². The van der Waals surface area contributed by atoms with Crippen LogP contribution in [-0.2, 0) is 4.79 Å². The molecule has 8 heteroatoms. The predicted molar refractivity (Wildman–Crippen MR) is 108 cm³/mol. The number of rotatable bonds is 5. The molecule has 154 valence electrons. The van der Waals surface area contributed by atoms with E-state index in [0.29, 0.717) is 0 Å². The first-order valence-electron chi connectivity index (χ1n) is 10.3. The Bertz CT molecular complexity index is 856. The Morgan fingerprint density at radius 1 is 1.14 bits per heavy atom. The molecule has 1 aliphatic carbocycles. The number of aromatic nitrogens is 3. The molecule has 2 fully saturated rings. The molecule has 2 aliphatic rings. The van der Waals surface area contributed by atoms with Crippen LogP contribution in [0.25, 0.3) is 5.69 Å². The third-order valence-corrected chi connectivity index (χ3v) is 6.29. The van der Waals surface area contributed by atoms with Gasteiger partial charge in [0.05, 0.1) is 12.4 Å². The molecular weight excluding hydrogens is 368 g/mol. The van der Waals surface area contributed by atoms with Crippen molar-refractivity contribution in [1.82, 2.24) is 29.9 Å². The normalized spacial score (nSPS) is 20.2. The zero-order valence-electron chi connectivity index (χ0n) is 17.0. The number of hydrogen-bond acceptors (Lipinski definition) is 5. The quantitative estimate of drug-likeness (QED) is 0.786. The second kappa shape index (κ2) is 7.94. The van der Waals surface area contributed by atoms with E-state index in [1.807, 2.05) is 36.2 Å². The van der Waals surface area contributed by atoms with Crippen molar-refractivity contribution in [1.29, 1.82) is 0 Å². The molecular formula is C21H28N6O2. The van der Waals surface area contributed by atoms with Gasteiger partial charge >= 0.3 is 6.03 Å². The van der Waals surface area contributed by atoms with E-state index in [-0.39, 0.29) is 24.6 Å². The number of carbonyl (C=O) groups excluding carboxylic acids is 2. The van der Waals surface area contributed by atoms with E-state index in [1.54, 1.807) is 11.0 Å². The summed E-state index contributed by atoms with van der Waals surface area (Å²) in [6.07, 6.45) is 8.90. The molecule has 4 rings (SSSR count). The molecule has 2 heterocycles. The highest BCUT2D eigenvalue weighted by atomic mass is 16.2. The van der Waals surface area contributed by atoms with Crippen LogP contribution in [0.3, 0.4) is 0 Å². The molecule has 1 aromatic heterocycles. The van der Waals surface area contributed by atoms with Crippen LogP contribution in [-0.4, -0.2) is 55.8 Å². The molecule has 1 aromatic carbocycles. The standard InChI is InChI=1S/C21H28N6O2/c1-16(17-7-9-18(10-8-17)27-14-22-13-23-27)25(2)15-26-19(28)21(24-20(26)29)11-5-3-4-6-12-21/h7-10,13-14,16H,3-6,11-12,15H2,1-2H3,(H,24,29)/t16-/m1/s1. The molecule has 1 saturated heterocycles. The average molecular weight is 396 g/mol. The van der Waals surface area contributed by atoms with Crippen molar-refractivity contribution in [2.75, 3.05) is 13.7 Å². The van der Waals surface area contributed by atoms with Gasteiger partial charge in [-0.25, -0.2) is 19.4 Å². The lowest BCUT2D eigenvalue weighted by Crippen LogP contribution is -2.47. The molecule has 3 amide bonds. The number of amides is 3. The third-order valence-electron chi connectivity index (χ3n) is 6.29. The van der Waals surface area contributed by atoms with Crippen molar-refractivity contribution in [3.63, 3.8) is 0 Å². The molecule has 0 unspecified atom stereocenters. The summed E-state index contributed by atoms with van der Waals surface area (Å²) in [5, 5.41) is 7.15. The van der Waals surface area contributed by atoms with Gasteiger partial charge in [-0.1, -0.05) is 37.8 Å². The summed E-state index contributed by atoms with van der Waals surface area (Å²) < 4.78 is 1.71. The van der Waals surface area contributed by atoms with Gasteiger partial charge in [-0.2, -0.15) is 5.10 Å². The van der Waals surface area contributed by atoms with Gasteiger partial charge in [-0.15, -0.1) is 0 Å². The molecule has 2 aromatic rings. The molecule has 29 heavy (non-hydrogen) atoms. The first kappa shape index (κ1) is 19.6. The maximum Gasteiger partial charge on any atom is 0.326 e. The van der Waals surface area contributed by atoms with E-state index in [2.05, 4.69) is 22.3 Å². The highest BCUT2D eigenvalue weighted by Crippen LogP contribution is 2.33. The monoisotopic (exact) mass is 396 g/mol. The van der Waals surface area contributed by atoms with Crippen LogP contribution in [0.15, 0.2) is 36.9 Å². The highest BCUT2D eigenvalue weighted by Gasteiger charge is 2.50. The minimum Gasteiger partial charge on any atom is -0.323 e. The Hall–Kier alpha value is -2.74. The van der Waals surface area contributed by atoms with Crippen LogP contribution < -0.4 is 5.32 Å². The fourth-order valence-corrected chi connectivity index (χ4v) is 4.32. The minimum atomic E-state index is -0.683. The van der Waals surface area contributed by atoms with Gasteiger partial charge < -0.3 is 5.32 Å². The second-order valence-corrected chi connectivity index (χ2v) is 8.17. The Morgan fingerprint density at radius 3 is 2.45 bits per heavy atom. The zero-order chi connectivity index (χ0) is 20.4. The van der Waals surface area contributed by atoms with Crippen LogP contribution in [0.2, 0.25) is 0 Å². The number of benzene rings is 1. The fraction of sp³-hybridized carbons (Fsp3) is 0.524. The van der Waals surface area contributed by atoms with Crippen LogP contribution in [0.5, 0.6) is 0 Å². The van der Waals surface area contributed by atoms with E-state index in [1.165, 1.54) is 11.2 Å². The Morgan fingerprint density at radius 2 is 1.83 bits per heavy atom. The molecule has 1 N–H and O–H groups in total. The number of nitrogens with one attached hydrogen (secondary N) is 1. The predicted octanol–water partition coefficient (Wildman–Crippen LogP) is 2.86. The Labute approximate surface area is 170 Å². The van der Waals surface area contributed by atoms with Crippen LogP contribution in [0.1, 0.15) is 57.1 Å². The lowest BCUT2D eigenvalue weighted by molar-refractivity contribution is -0.133. The van der Waals surface area contributed by atoms with Gasteiger partial charge in [-0.3, -0.25) is 9.69 Å². The summed E-state index contributed by atoms with van der Waals surface area (Å²) in [6.45, 7) is 2.35. The van der Waals surface area contributed by atoms with Crippen molar-refractivity contribution in [3.8, 4) is 5.69 Å². The summed E-state index contributed by atoms with van der Waals surface area (Å²) in [5.74, 6) is -0.0648. The zero-order valence-corrected chi connectivity index (χ0v) is 17.0. The van der Waals surface area contributed by atoms with E-state index in [0.717, 1.165) is 49.8 Å². The Kier molecular flexibility index (Phi) is 5.36. The van der Waals surface area contributed by atoms with Crippen molar-refractivity contribution >= 4 is 11.9 Å². The molecule has 0 radical (unpaired) electrons. The highest BCUT2D eigenvalue weighted by molar-refractivity contribution is 6.07.